The van der Waals surface area contributed by atoms with Crippen LogP contribution in [-0.2, 0) is 6.42 Å². The van der Waals surface area contributed by atoms with Crippen molar-refractivity contribution in [2.45, 2.75) is 33.1 Å². The monoisotopic (exact) mass is 241 g/mol. The number of phenolic OH excluding ortho intramolecular Hbond substituents is 2. The van der Waals surface area contributed by atoms with Gasteiger partial charge in [0.15, 0.2) is 0 Å². The summed E-state index contributed by atoms with van der Waals surface area (Å²) in [5.41, 5.74) is 1.16. The predicted octanol–water partition coefficient (Wildman–Crippen LogP) is 3.48. The molecular formula is C12H16ClNO2. The molecule has 0 aliphatic rings. The van der Waals surface area contributed by atoms with Gasteiger partial charge in [0, 0.05) is 16.8 Å². The molecule has 0 saturated carbocycles. The van der Waals surface area contributed by atoms with Gasteiger partial charge in [-0.25, -0.2) is 0 Å². The third-order valence-electron chi connectivity index (χ3n) is 2.50. The zero-order valence-electron chi connectivity index (χ0n) is 9.47. The Morgan fingerprint density at radius 3 is 2.44 bits per heavy atom. The van der Waals surface area contributed by atoms with Crippen molar-refractivity contribution < 1.29 is 10.2 Å². The summed E-state index contributed by atoms with van der Waals surface area (Å²) in [5, 5.41) is 27.6. The Morgan fingerprint density at radius 2 is 1.94 bits per heavy atom. The minimum absolute atomic E-state index is 0.0180. The van der Waals surface area contributed by atoms with Gasteiger partial charge in [-0.1, -0.05) is 31.9 Å². The number of hydrogen-bond donors (Lipinski definition) is 3. The van der Waals surface area contributed by atoms with Crippen molar-refractivity contribution >= 4 is 17.3 Å². The highest BCUT2D eigenvalue weighted by molar-refractivity contribution is 6.32. The van der Waals surface area contributed by atoms with Gasteiger partial charge in [0.1, 0.15) is 11.5 Å². The SMILES string of the molecule is CCCc1c(O)c(Cl)cc(C(=N)CC)c1O. The summed E-state index contributed by atoms with van der Waals surface area (Å²) in [5.74, 6) is -0.0933. The quantitative estimate of drug-likeness (QED) is 0.707. The first kappa shape index (κ1) is 12.8. The molecule has 0 amide bonds. The first-order valence-corrected chi connectivity index (χ1v) is 5.71. The highest BCUT2D eigenvalue weighted by atomic mass is 35.5. The predicted molar refractivity (Wildman–Crippen MR) is 65.9 cm³/mol. The summed E-state index contributed by atoms with van der Waals surface area (Å²) in [4.78, 5) is 0. The topological polar surface area (TPSA) is 64.3 Å². The maximum Gasteiger partial charge on any atom is 0.141 e. The number of rotatable bonds is 4. The minimum atomic E-state index is -0.0753. The second-order valence-electron chi connectivity index (χ2n) is 3.66. The van der Waals surface area contributed by atoms with Crippen molar-refractivity contribution in [2.75, 3.05) is 0 Å². The van der Waals surface area contributed by atoms with Crippen LogP contribution in [0.15, 0.2) is 6.07 Å². The Morgan fingerprint density at radius 1 is 1.31 bits per heavy atom. The second-order valence-corrected chi connectivity index (χ2v) is 4.07. The van der Waals surface area contributed by atoms with Crippen LogP contribution in [0.1, 0.15) is 37.8 Å². The van der Waals surface area contributed by atoms with E-state index < -0.39 is 0 Å². The molecule has 88 valence electrons. The molecule has 0 heterocycles. The van der Waals surface area contributed by atoms with Gasteiger partial charge in [0.05, 0.1) is 5.02 Å². The Balaban J connectivity index is 3.37. The molecule has 0 spiro atoms. The van der Waals surface area contributed by atoms with E-state index in [0.29, 0.717) is 29.7 Å². The smallest absolute Gasteiger partial charge is 0.141 e. The largest absolute Gasteiger partial charge is 0.507 e. The van der Waals surface area contributed by atoms with Crippen LogP contribution in [0.4, 0.5) is 0 Å². The number of nitrogens with one attached hydrogen (secondary N) is 1. The lowest BCUT2D eigenvalue weighted by molar-refractivity contribution is 0.437. The zero-order valence-corrected chi connectivity index (χ0v) is 10.2. The molecule has 3 nitrogen and oxygen atoms in total. The van der Waals surface area contributed by atoms with E-state index in [9.17, 15) is 10.2 Å². The summed E-state index contributed by atoms with van der Waals surface area (Å²) in [6.07, 6.45) is 1.85. The van der Waals surface area contributed by atoms with Crippen molar-refractivity contribution in [3.63, 3.8) is 0 Å². The number of halogens is 1. The highest BCUT2D eigenvalue weighted by Gasteiger charge is 2.17. The maximum atomic E-state index is 9.97. The van der Waals surface area contributed by atoms with Gasteiger partial charge in [-0.05, 0) is 18.9 Å². The van der Waals surface area contributed by atoms with Crippen molar-refractivity contribution in [3.8, 4) is 11.5 Å². The molecule has 1 aromatic rings. The molecule has 0 radical (unpaired) electrons. The van der Waals surface area contributed by atoms with Crippen LogP contribution < -0.4 is 0 Å². The normalized spacial score (nSPS) is 10.4. The minimum Gasteiger partial charge on any atom is -0.507 e. The van der Waals surface area contributed by atoms with Gasteiger partial charge in [-0.2, -0.15) is 0 Å². The standard InChI is InChI=1S/C12H16ClNO2/c1-3-5-7-11(15)8(10(14)4-2)6-9(13)12(7)16/h6,14-16H,3-5H2,1-2H3. The van der Waals surface area contributed by atoms with Crippen molar-refractivity contribution in [2.24, 2.45) is 0 Å². The number of hydrogen-bond acceptors (Lipinski definition) is 3. The van der Waals surface area contributed by atoms with E-state index in [4.69, 9.17) is 17.0 Å². The van der Waals surface area contributed by atoms with E-state index in [0.717, 1.165) is 6.42 Å². The van der Waals surface area contributed by atoms with Crippen LogP contribution in [0.3, 0.4) is 0 Å². The molecule has 4 heteroatoms. The molecule has 0 aromatic heterocycles. The fourth-order valence-corrected chi connectivity index (χ4v) is 1.81. The summed E-state index contributed by atoms with van der Waals surface area (Å²) in [6.45, 7) is 3.78. The first-order valence-electron chi connectivity index (χ1n) is 5.33. The molecule has 16 heavy (non-hydrogen) atoms. The van der Waals surface area contributed by atoms with E-state index in [2.05, 4.69) is 0 Å². The van der Waals surface area contributed by atoms with Crippen LogP contribution in [0.2, 0.25) is 5.02 Å². The molecule has 3 N–H and O–H groups in total. The average Bonchev–Trinajstić information content (AvgIpc) is 2.28. The molecule has 0 aliphatic carbocycles. The third kappa shape index (κ3) is 2.30. The van der Waals surface area contributed by atoms with Crippen LogP contribution >= 0.6 is 11.6 Å². The second kappa shape index (κ2) is 5.21. The molecule has 0 unspecified atom stereocenters. The van der Waals surface area contributed by atoms with Crippen LogP contribution in [0.25, 0.3) is 0 Å². The third-order valence-corrected chi connectivity index (χ3v) is 2.79. The van der Waals surface area contributed by atoms with Gasteiger partial charge in [0.25, 0.3) is 0 Å². The summed E-state index contributed by atoms with van der Waals surface area (Å²) < 4.78 is 0. The zero-order chi connectivity index (χ0) is 12.3. The molecule has 0 aliphatic heterocycles. The van der Waals surface area contributed by atoms with E-state index in [-0.39, 0.29) is 16.5 Å². The number of aromatic hydroxyl groups is 2. The Labute approximate surface area is 100 Å². The fraction of sp³-hybridized carbons (Fsp3) is 0.417. The van der Waals surface area contributed by atoms with Crippen LogP contribution in [0.5, 0.6) is 11.5 Å². The van der Waals surface area contributed by atoms with Crippen LogP contribution in [-0.4, -0.2) is 15.9 Å². The lowest BCUT2D eigenvalue weighted by atomic mass is 9.99. The average molecular weight is 242 g/mol. The first-order chi connectivity index (χ1) is 7.52. The lowest BCUT2D eigenvalue weighted by Gasteiger charge is -2.12. The molecule has 0 atom stereocenters. The summed E-state index contributed by atoms with van der Waals surface area (Å²) >= 11 is 5.87. The Hall–Kier alpha value is -1.22. The van der Waals surface area contributed by atoms with E-state index in [1.807, 2.05) is 13.8 Å². The maximum absolute atomic E-state index is 9.97. The molecule has 1 rings (SSSR count). The van der Waals surface area contributed by atoms with E-state index in [1.165, 1.54) is 6.07 Å². The van der Waals surface area contributed by atoms with Gasteiger partial charge < -0.3 is 15.6 Å². The Bertz CT molecular complexity index is 416. The van der Waals surface area contributed by atoms with Crippen molar-refractivity contribution in [1.29, 1.82) is 5.41 Å². The van der Waals surface area contributed by atoms with Crippen LogP contribution in [0, 0.1) is 5.41 Å². The lowest BCUT2D eigenvalue weighted by Crippen LogP contribution is -2.00. The fourth-order valence-electron chi connectivity index (χ4n) is 1.59. The Kier molecular flexibility index (Phi) is 4.19. The van der Waals surface area contributed by atoms with Gasteiger partial charge in [0.2, 0.25) is 0 Å². The molecule has 0 saturated heterocycles. The number of benzene rings is 1. The molecule has 0 bridgehead atoms. The summed E-state index contributed by atoms with van der Waals surface area (Å²) in [6, 6.07) is 1.44. The highest BCUT2D eigenvalue weighted by Crippen LogP contribution is 2.38. The molecule has 0 fully saturated rings. The molecular weight excluding hydrogens is 226 g/mol. The van der Waals surface area contributed by atoms with E-state index in [1.54, 1.807) is 0 Å². The van der Waals surface area contributed by atoms with Gasteiger partial charge in [-0.15, -0.1) is 0 Å². The van der Waals surface area contributed by atoms with Gasteiger partial charge in [-0.3, -0.25) is 0 Å². The molecule has 1 aromatic carbocycles. The number of phenols is 2. The van der Waals surface area contributed by atoms with Crippen molar-refractivity contribution in [3.05, 3.63) is 22.2 Å². The van der Waals surface area contributed by atoms with Gasteiger partial charge >= 0.3 is 0 Å². The van der Waals surface area contributed by atoms with E-state index >= 15 is 0 Å². The summed E-state index contributed by atoms with van der Waals surface area (Å²) in [7, 11) is 0. The van der Waals surface area contributed by atoms with Crippen molar-refractivity contribution in [1.82, 2.24) is 0 Å².